The van der Waals surface area contributed by atoms with Gasteiger partial charge < -0.3 is 20.5 Å². The van der Waals surface area contributed by atoms with E-state index in [-0.39, 0.29) is 18.0 Å². The first-order valence-corrected chi connectivity index (χ1v) is 6.89. The number of amides is 2. The molecule has 1 fully saturated rings. The van der Waals surface area contributed by atoms with Gasteiger partial charge in [0.25, 0.3) is 0 Å². The van der Waals surface area contributed by atoms with Gasteiger partial charge in [-0.2, -0.15) is 0 Å². The van der Waals surface area contributed by atoms with Gasteiger partial charge in [0.15, 0.2) is 0 Å². The molecule has 0 aromatic carbocycles. The molecule has 7 heteroatoms. The molecule has 0 bridgehead atoms. The number of carbonyl (C=O) groups excluding carboxylic acids is 1. The Hall–Kier alpha value is -2.31. The van der Waals surface area contributed by atoms with Crippen LogP contribution in [0.3, 0.4) is 0 Å². The van der Waals surface area contributed by atoms with Crippen LogP contribution in [0.25, 0.3) is 0 Å². The molecule has 1 aromatic heterocycles. The number of carbonyl (C=O) groups is 2. The quantitative estimate of drug-likeness (QED) is 0.786. The van der Waals surface area contributed by atoms with Gasteiger partial charge in [-0.15, -0.1) is 0 Å². The number of nitrogens with zero attached hydrogens (tertiary/aromatic N) is 1. The predicted octanol–water partition coefficient (Wildman–Crippen LogP) is 1.86. The Morgan fingerprint density at radius 1 is 1.33 bits per heavy atom. The molecule has 1 heterocycles. The Labute approximate surface area is 122 Å². The second-order valence-electron chi connectivity index (χ2n) is 5.07. The van der Waals surface area contributed by atoms with E-state index >= 15 is 0 Å². The minimum Gasteiger partial charge on any atom is -0.481 e. The van der Waals surface area contributed by atoms with E-state index in [1.54, 1.807) is 18.3 Å². The summed E-state index contributed by atoms with van der Waals surface area (Å²) >= 11 is 0. The molecule has 0 spiro atoms. The fraction of sp³-hybridized carbons (Fsp3) is 0.500. The van der Waals surface area contributed by atoms with Crippen molar-refractivity contribution in [1.82, 2.24) is 10.3 Å². The third kappa shape index (κ3) is 4.34. The summed E-state index contributed by atoms with van der Waals surface area (Å²) in [7, 11) is 1.51. The maximum atomic E-state index is 11.9. The Kier molecular flexibility index (Phi) is 4.97. The van der Waals surface area contributed by atoms with Crippen molar-refractivity contribution in [3.05, 3.63) is 18.3 Å². The fourth-order valence-electron chi connectivity index (χ4n) is 2.44. The molecule has 114 valence electrons. The van der Waals surface area contributed by atoms with Crippen molar-refractivity contribution in [2.45, 2.75) is 31.7 Å². The Morgan fingerprint density at radius 3 is 2.67 bits per heavy atom. The number of anilines is 1. The van der Waals surface area contributed by atoms with Crippen LogP contribution >= 0.6 is 0 Å². The third-order valence-corrected chi connectivity index (χ3v) is 3.61. The van der Waals surface area contributed by atoms with E-state index in [1.165, 1.54) is 7.11 Å². The van der Waals surface area contributed by atoms with Gasteiger partial charge in [-0.3, -0.25) is 4.79 Å². The average Bonchev–Trinajstić information content (AvgIpc) is 2.47. The topological polar surface area (TPSA) is 101 Å². The average molecular weight is 293 g/mol. The van der Waals surface area contributed by atoms with Crippen molar-refractivity contribution in [1.29, 1.82) is 0 Å². The molecule has 21 heavy (non-hydrogen) atoms. The zero-order valence-electron chi connectivity index (χ0n) is 11.8. The van der Waals surface area contributed by atoms with Crippen LogP contribution in [0.1, 0.15) is 25.7 Å². The molecular weight excluding hydrogens is 274 g/mol. The number of hydrogen-bond donors (Lipinski definition) is 3. The van der Waals surface area contributed by atoms with Crippen molar-refractivity contribution in [2.24, 2.45) is 5.92 Å². The predicted molar refractivity (Wildman–Crippen MR) is 76.3 cm³/mol. The zero-order valence-corrected chi connectivity index (χ0v) is 11.8. The summed E-state index contributed by atoms with van der Waals surface area (Å²) in [5.41, 5.74) is 0.596. The van der Waals surface area contributed by atoms with E-state index in [0.717, 1.165) is 0 Å². The first-order valence-electron chi connectivity index (χ1n) is 6.89. The molecule has 1 saturated carbocycles. The van der Waals surface area contributed by atoms with Crippen LogP contribution in [-0.4, -0.2) is 35.2 Å². The summed E-state index contributed by atoms with van der Waals surface area (Å²) in [6, 6.07) is 3.01. The highest BCUT2D eigenvalue weighted by atomic mass is 16.5. The van der Waals surface area contributed by atoms with Crippen molar-refractivity contribution in [2.75, 3.05) is 12.4 Å². The molecule has 0 saturated heterocycles. The van der Waals surface area contributed by atoms with E-state index in [2.05, 4.69) is 15.6 Å². The smallest absolute Gasteiger partial charge is 0.319 e. The van der Waals surface area contributed by atoms with Gasteiger partial charge in [0.1, 0.15) is 0 Å². The van der Waals surface area contributed by atoms with Crippen LogP contribution in [0, 0.1) is 5.92 Å². The summed E-state index contributed by atoms with van der Waals surface area (Å²) in [5, 5.41) is 14.5. The van der Waals surface area contributed by atoms with Crippen molar-refractivity contribution >= 4 is 17.7 Å². The molecule has 1 aliphatic rings. The molecule has 1 aliphatic carbocycles. The summed E-state index contributed by atoms with van der Waals surface area (Å²) in [6.07, 6.45) is 4.12. The first-order chi connectivity index (χ1) is 10.1. The van der Waals surface area contributed by atoms with Gasteiger partial charge in [0.2, 0.25) is 5.88 Å². The maximum absolute atomic E-state index is 11.9. The Morgan fingerprint density at radius 2 is 2.05 bits per heavy atom. The van der Waals surface area contributed by atoms with Crippen LogP contribution in [0.4, 0.5) is 10.5 Å². The number of carboxylic acid groups (broad SMARTS) is 1. The summed E-state index contributed by atoms with van der Waals surface area (Å²) < 4.78 is 4.98. The van der Waals surface area contributed by atoms with Gasteiger partial charge in [0, 0.05) is 24.0 Å². The fourth-order valence-corrected chi connectivity index (χ4v) is 2.44. The van der Waals surface area contributed by atoms with Gasteiger partial charge in [-0.05, 0) is 31.7 Å². The number of pyridine rings is 1. The van der Waals surface area contributed by atoms with E-state index in [1.807, 2.05) is 0 Å². The minimum atomic E-state index is -0.748. The van der Waals surface area contributed by atoms with E-state index < -0.39 is 5.97 Å². The number of hydrogen-bond acceptors (Lipinski definition) is 4. The molecule has 1 aromatic rings. The number of nitrogens with one attached hydrogen (secondary N) is 2. The lowest BCUT2D eigenvalue weighted by molar-refractivity contribution is -0.142. The zero-order chi connectivity index (χ0) is 15.2. The lowest BCUT2D eigenvalue weighted by atomic mass is 9.86. The van der Waals surface area contributed by atoms with Crippen LogP contribution < -0.4 is 15.4 Å². The summed E-state index contributed by atoms with van der Waals surface area (Å²) in [4.78, 5) is 26.7. The lowest BCUT2D eigenvalue weighted by Gasteiger charge is -2.26. The Bertz CT molecular complexity index is 513. The third-order valence-electron chi connectivity index (χ3n) is 3.61. The highest BCUT2D eigenvalue weighted by molar-refractivity contribution is 5.89. The normalized spacial score (nSPS) is 21.4. The largest absolute Gasteiger partial charge is 0.481 e. The lowest BCUT2D eigenvalue weighted by Crippen LogP contribution is -2.40. The highest BCUT2D eigenvalue weighted by Crippen LogP contribution is 2.24. The van der Waals surface area contributed by atoms with Crippen molar-refractivity contribution in [3.63, 3.8) is 0 Å². The van der Waals surface area contributed by atoms with Gasteiger partial charge >= 0.3 is 12.0 Å². The Balaban J connectivity index is 1.81. The number of carboxylic acids is 1. The molecule has 2 amide bonds. The standard InChI is InChI=1S/C14H19N3O4/c1-21-12-8-11(6-7-15-12)17-14(20)16-10-4-2-9(3-5-10)13(18)19/h6-10H,2-5H2,1H3,(H,18,19)(H2,15,16,17,20). The highest BCUT2D eigenvalue weighted by Gasteiger charge is 2.26. The molecule has 3 N–H and O–H groups in total. The van der Waals surface area contributed by atoms with E-state index in [0.29, 0.717) is 37.3 Å². The number of ether oxygens (including phenoxy) is 1. The van der Waals surface area contributed by atoms with Crippen LogP contribution in [0.5, 0.6) is 5.88 Å². The minimum absolute atomic E-state index is 0.0179. The van der Waals surface area contributed by atoms with Crippen molar-refractivity contribution in [3.8, 4) is 5.88 Å². The van der Waals surface area contributed by atoms with Crippen molar-refractivity contribution < 1.29 is 19.4 Å². The summed E-state index contributed by atoms with van der Waals surface area (Å²) in [5.74, 6) is -0.605. The molecule has 0 aliphatic heterocycles. The van der Waals surface area contributed by atoms with Gasteiger partial charge in [-0.1, -0.05) is 0 Å². The van der Waals surface area contributed by atoms with Crippen LogP contribution in [-0.2, 0) is 4.79 Å². The molecule has 0 unspecified atom stereocenters. The van der Waals surface area contributed by atoms with E-state index in [4.69, 9.17) is 9.84 Å². The number of methoxy groups -OCH3 is 1. The SMILES string of the molecule is COc1cc(NC(=O)NC2CCC(C(=O)O)CC2)ccn1. The summed E-state index contributed by atoms with van der Waals surface area (Å²) in [6.45, 7) is 0. The van der Waals surface area contributed by atoms with Gasteiger partial charge in [0.05, 0.1) is 13.0 Å². The maximum Gasteiger partial charge on any atom is 0.319 e. The number of rotatable bonds is 4. The monoisotopic (exact) mass is 293 g/mol. The molecule has 7 nitrogen and oxygen atoms in total. The van der Waals surface area contributed by atoms with Crippen LogP contribution in [0.2, 0.25) is 0 Å². The van der Waals surface area contributed by atoms with Crippen LogP contribution in [0.15, 0.2) is 18.3 Å². The first kappa shape index (κ1) is 15.1. The molecule has 0 radical (unpaired) electrons. The second-order valence-corrected chi connectivity index (χ2v) is 5.07. The molecular formula is C14H19N3O4. The van der Waals surface area contributed by atoms with E-state index in [9.17, 15) is 9.59 Å². The second kappa shape index (κ2) is 6.92. The van der Waals surface area contributed by atoms with Gasteiger partial charge in [-0.25, -0.2) is 9.78 Å². The number of aliphatic carboxylic acids is 1. The molecule has 2 rings (SSSR count). The number of urea groups is 1. The molecule has 0 atom stereocenters. The number of aromatic nitrogens is 1.